The third kappa shape index (κ3) is 3.49. The molecule has 0 aliphatic rings. The van der Waals surface area contributed by atoms with Gasteiger partial charge in [-0.15, -0.1) is 0 Å². The second-order valence-electron chi connectivity index (χ2n) is 11.3. The van der Waals surface area contributed by atoms with Gasteiger partial charge in [-0.25, -0.2) is 0 Å². The van der Waals surface area contributed by atoms with E-state index in [-0.39, 0.29) is 0 Å². The molecule has 0 saturated heterocycles. The van der Waals surface area contributed by atoms with Crippen LogP contribution in [0.2, 0.25) is 0 Å². The number of hydrogen-bond acceptors (Lipinski definition) is 0. The van der Waals surface area contributed by atoms with Crippen LogP contribution in [-0.4, -0.2) is 0 Å². The lowest BCUT2D eigenvalue weighted by molar-refractivity contribution is 1.69. The van der Waals surface area contributed by atoms with Crippen molar-refractivity contribution in [1.29, 1.82) is 0 Å². The summed E-state index contributed by atoms with van der Waals surface area (Å²) in [6.07, 6.45) is 0. The predicted molar refractivity (Wildman–Crippen MR) is 182 cm³/mol. The quantitative estimate of drug-likeness (QED) is 0.195. The van der Waals surface area contributed by atoms with E-state index in [2.05, 4.69) is 158 Å². The smallest absolute Gasteiger partial charge is 0.00923 e. The first-order valence-corrected chi connectivity index (χ1v) is 14.6. The van der Waals surface area contributed by atoms with E-state index in [0.717, 1.165) is 0 Å². The molecule has 0 fully saturated rings. The third-order valence-corrected chi connectivity index (χ3v) is 9.00. The van der Waals surface area contributed by atoms with E-state index < -0.39 is 0 Å². The molecule has 0 heterocycles. The van der Waals surface area contributed by atoms with Crippen molar-refractivity contribution in [3.63, 3.8) is 0 Å². The first kappa shape index (κ1) is 23.3. The minimum Gasteiger partial charge on any atom is -0.0616 e. The maximum atomic E-state index is 2.43. The van der Waals surface area contributed by atoms with E-state index >= 15 is 0 Å². The van der Waals surface area contributed by atoms with Crippen LogP contribution in [0, 0.1) is 0 Å². The fourth-order valence-electron chi connectivity index (χ4n) is 6.96. The largest absolute Gasteiger partial charge is 0.0616 e. The molecule has 9 aromatic rings. The monoisotopic (exact) mass is 530 g/mol. The molecule has 0 N–H and O–H groups in total. The van der Waals surface area contributed by atoms with Crippen LogP contribution in [0.3, 0.4) is 0 Å². The maximum absolute atomic E-state index is 2.43. The summed E-state index contributed by atoms with van der Waals surface area (Å²) in [6, 6.07) is 58.2. The molecule has 9 rings (SSSR count). The van der Waals surface area contributed by atoms with E-state index in [1.807, 2.05) is 0 Å². The van der Waals surface area contributed by atoms with Crippen LogP contribution in [0.4, 0.5) is 0 Å². The van der Waals surface area contributed by atoms with Crippen molar-refractivity contribution in [3.8, 4) is 22.3 Å². The lowest BCUT2D eigenvalue weighted by Gasteiger charge is -2.16. The van der Waals surface area contributed by atoms with E-state index in [1.165, 1.54) is 86.9 Å². The molecule has 0 aliphatic heterocycles. The SMILES string of the molecule is c1ccc2cc(-c3cc4c(ccc5c6ccccc6c(-c6ccc7ccccc7c6)cc54)c4ccccc34)ccc2c1. The summed E-state index contributed by atoms with van der Waals surface area (Å²) in [7, 11) is 0. The molecule has 0 unspecified atom stereocenters. The molecular weight excluding hydrogens is 504 g/mol. The maximum Gasteiger partial charge on any atom is -0.00923 e. The van der Waals surface area contributed by atoms with Gasteiger partial charge in [0.1, 0.15) is 0 Å². The minimum atomic E-state index is 1.25. The molecule has 0 spiro atoms. The molecule has 0 amide bonds. The Labute approximate surface area is 244 Å². The van der Waals surface area contributed by atoms with Crippen molar-refractivity contribution in [1.82, 2.24) is 0 Å². The summed E-state index contributed by atoms with van der Waals surface area (Å²) in [5.74, 6) is 0. The van der Waals surface area contributed by atoms with Crippen LogP contribution in [0.5, 0.6) is 0 Å². The Balaban J connectivity index is 1.41. The molecule has 0 saturated carbocycles. The summed E-state index contributed by atoms with van der Waals surface area (Å²) in [5.41, 5.74) is 5.05. The van der Waals surface area contributed by atoms with Crippen molar-refractivity contribution in [2.24, 2.45) is 0 Å². The van der Waals surface area contributed by atoms with Crippen LogP contribution in [-0.2, 0) is 0 Å². The molecule has 194 valence electrons. The number of hydrogen-bond donors (Lipinski definition) is 0. The minimum absolute atomic E-state index is 1.25. The van der Waals surface area contributed by atoms with Crippen LogP contribution >= 0.6 is 0 Å². The number of benzene rings is 9. The highest BCUT2D eigenvalue weighted by atomic mass is 14.2. The van der Waals surface area contributed by atoms with Gasteiger partial charge in [0.05, 0.1) is 0 Å². The highest BCUT2D eigenvalue weighted by Crippen LogP contribution is 2.43. The Morgan fingerprint density at radius 2 is 0.571 bits per heavy atom. The molecular formula is C42H26. The summed E-state index contributed by atoms with van der Waals surface area (Å²) < 4.78 is 0. The van der Waals surface area contributed by atoms with Gasteiger partial charge in [-0.05, 0) is 111 Å². The van der Waals surface area contributed by atoms with Gasteiger partial charge < -0.3 is 0 Å². The first-order valence-electron chi connectivity index (χ1n) is 14.6. The van der Waals surface area contributed by atoms with Crippen molar-refractivity contribution < 1.29 is 0 Å². The fourth-order valence-corrected chi connectivity index (χ4v) is 6.96. The first-order chi connectivity index (χ1) is 20.8. The molecule has 9 aromatic carbocycles. The predicted octanol–water partition coefficient (Wildman–Crippen LogP) is 11.9. The van der Waals surface area contributed by atoms with Crippen LogP contribution < -0.4 is 0 Å². The summed E-state index contributed by atoms with van der Waals surface area (Å²) in [6.45, 7) is 0. The average molecular weight is 531 g/mol. The third-order valence-electron chi connectivity index (χ3n) is 9.00. The Kier molecular flexibility index (Phi) is 5.00. The molecule has 0 aromatic heterocycles. The van der Waals surface area contributed by atoms with Gasteiger partial charge >= 0.3 is 0 Å². The van der Waals surface area contributed by atoms with Gasteiger partial charge in [-0.2, -0.15) is 0 Å². The van der Waals surface area contributed by atoms with Gasteiger partial charge in [-0.1, -0.05) is 133 Å². The Morgan fingerprint density at radius 1 is 0.214 bits per heavy atom. The second-order valence-corrected chi connectivity index (χ2v) is 11.3. The average Bonchev–Trinajstić information content (AvgIpc) is 3.07. The molecule has 0 heteroatoms. The Morgan fingerprint density at radius 3 is 1.02 bits per heavy atom. The molecule has 42 heavy (non-hydrogen) atoms. The summed E-state index contributed by atoms with van der Waals surface area (Å²) >= 11 is 0. The summed E-state index contributed by atoms with van der Waals surface area (Å²) in [4.78, 5) is 0. The van der Waals surface area contributed by atoms with Crippen LogP contribution in [0.25, 0.3) is 86.9 Å². The number of fused-ring (bicyclic) bond motifs is 9. The Hall–Kier alpha value is -5.46. The van der Waals surface area contributed by atoms with Crippen molar-refractivity contribution in [2.75, 3.05) is 0 Å². The van der Waals surface area contributed by atoms with Crippen molar-refractivity contribution >= 4 is 64.6 Å². The zero-order valence-electron chi connectivity index (χ0n) is 23.0. The highest BCUT2D eigenvalue weighted by Gasteiger charge is 2.15. The summed E-state index contributed by atoms with van der Waals surface area (Å²) in [5, 5.41) is 15.4. The number of rotatable bonds is 2. The van der Waals surface area contributed by atoms with E-state index in [0.29, 0.717) is 0 Å². The van der Waals surface area contributed by atoms with E-state index in [1.54, 1.807) is 0 Å². The lowest BCUT2D eigenvalue weighted by Crippen LogP contribution is -1.89. The lowest BCUT2D eigenvalue weighted by atomic mass is 9.87. The highest BCUT2D eigenvalue weighted by molar-refractivity contribution is 6.26. The molecule has 0 nitrogen and oxygen atoms in total. The van der Waals surface area contributed by atoms with Gasteiger partial charge in [0.15, 0.2) is 0 Å². The standard InChI is InChI=1S/C42H26/c1-3-11-29-23-31(19-17-27(29)9-1)39-25-41-37(33-13-5-7-15-35(33)39)21-22-38-34-14-6-8-16-36(34)40(26-42(38)41)32-20-18-28-10-2-4-12-30(28)24-32/h1-26H. The molecule has 0 bridgehead atoms. The fraction of sp³-hybridized carbons (Fsp3) is 0. The normalized spacial score (nSPS) is 11.8. The Bertz CT molecular complexity index is 2340. The van der Waals surface area contributed by atoms with Gasteiger partial charge in [0.25, 0.3) is 0 Å². The molecule has 0 atom stereocenters. The van der Waals surface area contributed by atoms with Crippen LogP contribution in [0.1, 0.15) is 0 Å². The van der Waals surface area contributed by atoms with Gasteiger partial charge in [0, 0.05) is 0 Å². The van der Waals surface area contributed by atoms with Gasteiger partial charge in [0.2, 0.25) is 0 Å². The zero-order valence-corrected chi connectivity index (χ0v) is 23.0. The zero-order chi connectivity index (χ0) is 27.6. The molecule has 0 radical (unpaired) electrons. The van der Waals surface area contributed by atoms with Crippen molar-refractivity contribution in [3.05, 3.63) is 158 Å². The van der Waals surface area contributed by atoms with Crippen LogP contribution in [0.15, 0.2) is 158 Å². The van der Waals surface area contributed by atoms with E-state index in [4.69, 9.17) is 0 Å². The topological polar surface area (TPSA) is 0 Å². The van der Waals surface area contributed by atoms with Crippen molar-refractivity contribution in [2.45, 2.75) is 0 Å². The molecule has 0 aliphatic carbocycles. The van der Waals surface area contributed by atoms with Gasteiger partial charge in [-0.3, -0.25) is 0 Å². The second kappa shape index (κ2) is 9.03. The van der Waals surface area contributed by atoms with E-state index in [9.17, 15) is 0 Å².